The lowest BCUT2D eigenvalue weighted by Crippen LogP contribution is -2.48. The molecular weight excluding hydrogens is 362 g/mol. The molecule has 0 aromatic rings. The first kappa shape index (κ1) is 19.6. The molecule has 4 unspecified atom stereocenters. The van der Waals surface area contributed by atoms with Gasteiger partial charge in [-0.3, -0.25) is 9.09 Å². The molecule has 3 N–H and O–H groups in total. The second-order valence-electron chi connectivity index (χ2n) is 5.80. The normalized spacial score (nSPS) is 38.5. The summed E-state index contributed by atoms with van der Waals surface area (Å²) in [5.41, 5.74) is -1.26. The van der Waals surface area contributed by atoms with Crippen LogP contribution in [0.2, 0.25) is 0 Å². The number of halogens is 1. The molecular formula is C12H23BBrO6P. The van der Waals surface area contributed by atoms with Crippen molar-refractivity contribution in [3.63, 3.8) is 0 Å². The molecule has 2 radical (unpaired) electrons. The van der Waals surface area contributed by atoms with Crippen molar-refractivity contribution in [2.75, 3.05) is 0 Å². The van der Waals surface area contributed by atoms with Crippen LogP contribution >= 0.6 is 23.5 Å². The van der Waals surface area contributed by atoms with Gasteiger partial charge < -0.3 is 19.8 Å². The lowest BCUT2D eigenvalue weighted by atomic mass is 9.90. The van der Waals surface area contributed by atoms with Crippen molar-refractivity contribution in [3.8, 4) is 0 Å². The van der Waals surface area contributed by atoms with Crippen LogP contribution in [0.4, 0.5) is 0 Å². The average molecular weight is 385 g/mol. The standard InChI is InChI=1S/C12H23BBrO6P/c1-5-11(3,9-8(15)7(14)10(13)19-9)20-21(17,18)12(4,16)6-2/h7-10,15-16H,5-6H2,1-4H3,(H,17,18)/t7-,8+,9?,10-,11?,12?/m1/s1. The summed E-state index contributed by atoms with van der Waals surface area (Å²) >= 11 is 3.23. The van der Waals surface area contributed by atoms with Crippen LogP contribution in [-0.4, -0.2) is 56.9 Å². The molecule has 0 spiro atoms. The van der Waals surface area contributed by atoms with Gasteiger partial charge in [0.1, 0.15) is 19.6 Å². The number of aliphatic hydroxyl groups excluding tert-OH is 1. The molecule has 1 rings (SSSR count). The van der Waals surface area contributed by atoms with E-state index in [2.05, 4.69) is 15.9 Å². The summed E-state index contributed by atoms with van der Waals surface area (Å²) in [5, 5.41) is 18.4. The zero-order chi connectivity index (χ0) is 16.6. The maximum absolute atomic E-state index is 12.4. The largest absolute Gasteiger partial charge is 0.389 e. The number of hydrogen-bond donors (Lipinski definition) is 3. The highest BCUT2D eigenvalue weighted by atomic mass is 79.9. The van der Waals surface area contributed by atoms with Crippen LogP contribution in [0, 0.1) is 0 Å². The SMILES string of the molecule is [B][C@@H]1OC(C(C)(CC)OP(=O)(O)C(C)(O)CC)[C@@H](O)[C@H]1Br. The smallest absolute Gasteiger partial charge is 0.359 e. The van der Waals surface area contributed by atoms with Gasteiger partial charge in [0.2, 0.25) is 0 Å². The molecule has 0 aromatic heterocycles. The molecule has 9 heteroatoms. The number of ether oxygens (including phenoxy) is 1. The fourth-order valence-corrected chi connectivity index (χ4v) is 3.89. The molecule has 0 aliphatic carbocycles. The van der Waals surface area contributed by atoms with Crippen molar-refractivity contribution in [2.24, 2.45) is 0 Å². The summed E-state index contributed by atoms with van der Waals surface area (Å²) in [6.45, 7) is 6.13. The van der Waals surface area contributed by atoms with E-state index in [-0.39, 0.29) is 6.42 Å². The van der Waals surface area contributed by atoms with Gasteiger partial charge in [0.15, 0.2) is 5.34 Å². The summed E-state index contributed by atoms with van der Waals surface area (Å²) in [5.74, 6) is 0. The van der Waals surface area contributed by atoms with Crippen molar-refractivity contribution in [2.45, 2.75) is 74.5 Å². The fraction of sp³-hybridized carbons (Fsp3) is 1.00. The quantitative estimate of drug-likeness (QED) is 0.365. The second-order valence-corrected chi connectivity index (χ2v) is 9.05. The van der Waals surface area contributed by atoms with Crippen LogP contribution in [0.15, 0.2) is 0 Å². The Labute approximate surface area is 135 Å². The highest BCUT2D eigenvalue weighted by Crippen LogP contribution is 2.59. The monoisotopic (exact) mass is 384 g/mol. The van der Waals surface area contributed by atoms with Gasteiger partial charge in [-0.15, -0.1) is 0 Å². The lowest BCUT2D eigenvalue weighted by molar-refractivity contribution is -0.106. The van der Waals surface area contributed by atoms with E-state index < -0.39 is 41.6 Å². The maximum atomic E-state index is 12.4. The Morgan fingerprint density at radius 3 is 2.24 bits per heavy atom. The van der Waals surface area contributed by atoms with Gasteiger partial charge in [-0.25, -0.2) is 0 Å². The molecule has 1 aliphatic rings. The van der Waals surface area contributed by atoms with Crippen LogP contribution in [0.1, 0.15) is 40.5 Å². The van der Waals surface area contributed by atoms with E-state index >= 15 is 0 Å². The maximum Gasteiger partial charge on any atom is 0.359 e. The second kappa shape index (κ2) is 6.60. The molecule has 0 bridgehead atoms. The van der Waals surface area contributed by atoms with Gasteiger partial charge in [-0.2, -0.15) is 0 Å². The van der Waals surface area contributed by atoms with Crippen LogP contribution in [0.25, 0.3) is 0 Å². The Morgan fingerprint density at radius 2 is 1.90 bits per heavy atom. The van der Waals surface area contributed by atoms with Crippen LogP contribution in [0.5, 0.6) is 0 Å². The molecule has 1 aliphatic heterocycles. The van der Waals surface area contributed by atoms with Gasteiger partial charge in [0, 0.05) is 6.00 Å². The van der Waals surface area contributed by atoms with Gasteiger partial charge in [0.25, 0.3) is 0 Å². The van der Waals surface area contributed by atoms with E-state index in [9.17, 15) is 19.7 Å². The van der Waals surface area contributed by atoms with Crippen molar-refractivity contribution in [1.29, 1.82) is 0 Å². The van der Waals surface area contributed by atoms with Crippen molar-refractivity contribution >= 4 is 31.4 Å². The van der Waals surface area contributed by atoms with Gasteiger partial charge in [-0.1, -0.05) is 29.8 Å². The Kier molecular flexibility index (Phi) is 6.16. The minimum absolute atomic E-state index is 0.0508. The Bertz CT molecular complexity index is 423. The number of aliphatic hydroxyl groups is 2. The first-order chi connectivity index (χ1) is 9.42. The molecule has 21 heavy (non-hydrogen) atoms. The summed E-state index contributed by atoms with van der Waals surface area (Å²) in [6, 6.07) is -0.746. The van der Waals surface area contributed by atoms with Crippen LogP contribution < -0.4 is 0 Å². The number of hydrogen-bond acceptors (Lipinski definition) is 5. The van der Waals surface area contributed by atoms with E-state index in [0.29, 0.717) is 6.42 Å². The van der Waals surface area contributed by atoms with E-state index in [1.807, 2.05) is 0 Å². The van der Waals surface area contributed by atoms with E-state index in [1.165, 1.54) is 6.92 Å². The topological polar surface area (TPSA) is 96.2 Å². The lowest BCUT2D eigenvalue weighted by Gasteiger charge is -2.40. The number of alkyl halides is 1. The Balaban J connectivity index is 3.04. The third kappa shape index (κ3) is 3.74. The average Bonchev–Trinajstić information content (AvgIpc) is 2.66. The molecule has 1 fully saturated rings. The molecule has 1 saturated heterocycles. The molecule has 6 nitrogen and oxygen atoms in total. The van der Waals surface area contributed by atoms with Gasteiger partial charge >= 0.3 is 7.60 Å². The third-order valence-corrected chi connectivity index (χ3v) is 7.43. The van der Waals surface area contributed by atoms with Crippen molar-refractivity contribution in [1.82, 2.24) is 0 Å². The molecule has 1 heterocycles. The summed E-state index contributed by atoms with van der Waals surface area (Å²) in [4.78, 5) is 9.59. The van der Waals surface area contributed by atoms with Crippen molar-refractivity contribution in [3.05, 3.63) is 0 Å². The predicted octanol–water partition coefficient (Wildman–Crippen LogP) is 1.49. The third-order valence-electron chi connectivity index (χ3n) is 4.17. The first-order valence-electron chi connectivity index (χ1n) is 6.91. The van der Waals surface area contributed by atoms with Crippen LogP contribution in [0.3, 0.4) is 0 Å². The van der Waals surface area contributed by atoms with Crippen molar-refractivity contribution < 1.29 is 28.9 Å². The summed E-state index contributed by atoms with van der Waals surface area (Å²) in [6.07, 6.45) is -1.52. The van der Waals surface area contributed by atoms with E-state index in [4.69, 9.17) is 17.1 Å². The molecule has 0 saturated carbocycles. The minimum Gasteiger partial charge on any atom is -0.389 e. The summed E-state index contributed by atoms with van der Waals surface area (Å²) < 4.78 is 23.2. The fourth-order valence-electron chi connectivity index (χ4n) is 2.09. The van der Waals surface area contributed by atoms with Crippen LogP contribution in [-0.2, 0) is 13.8 Å². The van der Waals surface area contributed by atoms with Gasteiger partial charge in [-0.05, 0) is 26.7 Å². The van der Waals surface area contributed by atoms with Gasteiger partial charge in [0.05, 0.1) is 10.9 Å². The molecule has 0 aromatic carbocycles. The zero-order valence-corrected chi connectivity index (χ0v) is 15.2. The zero-order valence-electron chi connectivity index (χ0n) is 12.7. The highest BCUT2D eigenvalue weighted by Gasteiger charge is 2.54. The van der Waals surface area contributed by atoms with E-state index in [0.717, 1.165) is 0 Å². The minimum atomic E-state index is -4.34. The Hall–Kier alpha value is 0.575. The molecule has 7 atom stereocenters. The summed E-state index contributed by atoms with van der Waals surface area (Å²) in [7, 11) is 1.38. The Morgan fingerprint density at radius 1 is 1.38 bits per heavy atom. The molecule has 122 valence electrons. The first-order valence-corrected chi connectivity index (χ1v) is 9.40. The molecule has 0 amide bonds. The highest BCUT2D eigenvalue weighted by molar-refractivity contribution is 9.09. The van der Waals surface area contributed by atoms with E-state index in [1.54, 1.807) is 20.8 Å². The number of rotatable bonds is 6. The predicted molar refractivity (Wildman–Crippen MR) is 83.7 cm³/mol.